The summed E-state index contributed by atoms with van der Waals surface area (Å²) in [6, 6.07) is 21.6. The third-order valence-corrected chi connectivity index (χ3v) is 6.80. The lowest BCUT2D eigenvalue weighted by Crippen LogP contribution is -2.46. The zero-order chi connectivity index (χ0) is 20.2. The van der Waals surface area contributed by atoms with Crippen molar-refractivity contribution >= 4 is 34.2 Å². The Morgan fingerprint density at radius 2 is 1.52 bits per heavy atom. The first-order valence-corrected chi connectivity index (χ1v) is 11.2. The fraction of sp³-hybridized carbons (Fsp3) is 0.304. The monoisotopic (exact) mass is 423 g/mol. The van der Waals surface area contributed by atoms with Crippen molar-refractivity contribution in [3.63, 3.8) is 0 Å². The second-order valence-corrected chi connectivity index (χ2v) is 8.88. The summed E-state index contributed by atoms with van der Waals surface area (Å²) in [4.78, 5) is 19.7. The van der Waals surface area contributed by atoms with Gasteiger partial charge in [-0.2, -0.15) is 0 Å². The minimum Gasteiger partial charge on any atom is -0.374 e. The molecule has 6 heteroatoms. The maximum Gasteiger partial charge on any atom is 0.267 e. The zero-order valence-corrected chi connectivity index (χ0v) is 18.2. The molecule has 2 aromatic rings. The maximum absolute atomic E-state index is 12.5. The van der Waals surface area contributed by atoms with Crippen LogP contribution in [0, 0.1) is 0 Å². The number of thiocarbonyl (C=S) groups is 1. The number of carbonyl (C=O) groups excluding carboxylic acids is 1. The molecule has 1 amide bonds. The molecular formula is C23H25N3OS2. The molecule has 0 radical (unpaired) electrons. The van der Waals surface area contributed by atoms with Crippen LogP contribution in [0.3, 0.4) is 0 Å². The maximum atomic E-state index is 12.5. The van der Waals surface area contributed by atoms with Crippen LogP contribution in [0.2, 0.25) is 0 Å². The number of benzene rings is 2. The topological polar surface area (TPSA) is 26.8 Å². The number of likely N-dealkylation sites (N-methyl/N-ethyl adjacent to an activating group) is 1. The van der Waals surface area contributed by atoms with Gasteiger partial charge in [-0.05, 0) is 18.1 Å². The van der Waals surface area contributed by atoms with E-state index < -0.39 is 0 Å². The molecule has 0 aromatic heterocycles. The molecule has 2 heterocycles. The van der Waals surface area contributed by atoms with Gasteiger partial charge in [0.05, 0.1) is 10.9 Å². The highest BCUT2D eigenvalue weighted by Crippen LogP contribution is 2.32. The minimum atomic E-state index is 0.0383. The summed E-state index contributed by atoms with van der Waals surface area (Å²) in [6.45, 7) is 6.27. The number of thioether (sulfide) groups is 1. The van der Waals surface area contributed by atoms with Crippen molar-refractivity contribution in [2.45, 2.75) is 13.0 Å². The van der Waals surface area contributed by atoms with Crippen LogP contribution in [-0.4, -0.2) is 57.7 Å². The lowest BCUT2D eigenvalue weighted by molar-refractivity contribution is -0.122. The van der Waals surface area contributed by atoms with Crippen molar-refractivity contribution in [2.24, 2.45) is 0 Å². The van der Waals surface area contributed by atoms with E-state index in [1.807, 2.05) is 13.1 Å². The molecule has 0 atom stereocenters. The molecular weight excluding hydrogens is 398 g/mol. The predicted octanol–water partition coefficient (Wildman–Crippen LogP) is 4.12. The molecule has 0 saturated carbocycles. The Morgan fingerprint density at radius 3 is 2.00 bits per heavy atom. The van der Waals surface area contributed by atoms with E-state index in [1.165, 1.54) is 22.9 Å². The van der Waals surface area contributed by atoms with Crippen molar-refractivity contribution in [3.05, 3.63) is 82.9 Å². The van der Waals surface area contributed by atoms with Gasteiger partial charge in [-0.1, -0.05) is 84.6 Å². The molecule has 4 nitrogen and oxygen atoms in total. The summed E-state index contributed by atoms with van der Waals surface area (Å²) in [5, 5.41) is 0. The summed E-state index contributed by atoms with van der Waals surface area (Å²) in [5.41, 5.74) is 2.63. The van der Waals surface area contributed by atoms with Gasteiger partial charge in [-0.25, -0.2) is 0 Å². The smallest absolute Gasteiger partial charge is 0.267 e. The van der Waals surface area contributed by atoms with Crippen LogP contribution >= 0.6 is 24.0 Å². The Labute approximate surface area is 182 Å². The molecule has 2 aliphatic heterocycles. The average Bonchev–Trinajstić information content (AvgIpc) is 3.03. The molecule has 0 N–H and O–H groups in total. The molecule has 0 spiro atoms. The summed E-state index contributed by atoms with van der Waals surface area (Å²) in [5.74, 6) is 0.0383. The SMILES string of the molecule is CCN1C(=O)/C(=C\N2CCN(C(c3ccccc3)c3ccccc3)CC2)SC1=S. The van der Waals surface area contributed by atoms with Gasteiger partial charge in [0.1, 0.15) is 4.32 Å². The Bertz CT molecular complexity index is 853. The normalized spacial score (nSPS) is 19.6. The first-order chi connectivity index (χ1) is 14.2. The molecule has 0 bridgehead atoms. The molecule has 4 rings (SSSR count). The Kier molecular flexibility index (Phi) is 6.33. The highest BCUT2D eigenvalue weighted by molar-refractivity contribution is 8.26. The van der Waals surface area contributed by atoms with E-state index in [0.29, 0.717) is 10.9 Å². The second kappa shape index (κ2) is 9.11. The summed E-state index contributed by atoms with van der Waals surface area (Å²) in [6.07, 6.45) is 2.01. The third-order valence-electron chi connectivity index (χ3n) is 5.43. The number of carbonyl (C=O) groups is 1. The van der Waals surface area contributed by atoms with Crippen molar-refractivity contribution in [1.29, 1.82) is 0 Å². The largest absolute Gasteiger partial charge is 0.374 e. The fourth-order valence-corrected chi connectivity index (χ4v) is 5.33. The number of hydrogen-bond acceptors (Lipinski definition) is 5. The summed E-state index contributed by atoms with van der Waals surface area (Å²) >= 11 is 6.74. The van der Waals surface area contributed by atoms with Crippen LogP contribution < -0.4 is 0 Å². The van der Waals surface area contributed by atoms with Crippen molar-refractivity contribution in [2.75, 3.05) is 32.7 Å². The lowest BCUT2D eigenvalue weighted by Gasteiger charge is -2.39. The van der Waals surface area contributed by atoms with Crippen LogP contribution in [0.1, 0.15) is 24.1 Å². The number of nitrogens with zero attached hydrogens (tertiary/aromatic N) is 3. The van der Waals surface area contributed by atoms with Crippen LogP contribution in [0.15, 0.2) is 71.8 Å². The molecule has 0 unspecified atom stereocenters. The van der Waals surface area contributed by atoms with E-state index in [-0.39, 0.29) is 11.9 Å². The highest BCUT2D eigenvalue weighted by Gasteiger charge is 2.32. The van der Waals surface area contributed by atoms with Crippen molar-refractivity contribution in [3.8, 4) is 0 Å². The molecule has 2 aromatic carbocycles. The minimum absolute atomic E-state index is 0.0383. The number of amides is 1. The van der Waals surface area contributed by atoms with E-state index in [1.54, 1.807) is 4.90 Å². The third kappa shape index (κ3) is 4.39. The standard InChI is InChI=1S/C23H25N3OS2/c1-2-26-22(27)20(29-23(26)28)17-24-13-15-25(16-14-24)21(18-9-5-3-6-10-18)19-11-7-4-8-12-19/h3-12,17,21H,2,13-16H2,1H3/b20-17+. The van der Waals surface area contributed by atoms with Gasteiger partial charge in [0.15, 0.2) is 0 Å². The molecule has 2 fully saturated rings. The van der Waals surface area contributed by atoms with Crippen molar-refractivity contribution < 1.29 is 4.79 Å². The van der Waals surface area contributed by atoms with Crippen LogP contribution in [-0.2, 0) is 4.79 Å². The number of rotatable bonds is 5. The van der Waals surface area contributed by atoms with Gasteiger partial charge in [0.2, 0.25) is 0 Å². The van der Waals surface area contributed by atoms with Gasteiger partial charge in [-0.3, -0.25) is 14.6 Å². The summed E-state index contributed by atoms with van der Waals surface area (Å²) in [7, 11) is 0. The first-order valence-electron chi connectivity index (χ1n) is 10.0. The molecule has 150 valence electrons. The average molecular weight is 424 g/mol. The van der Waals surface area contributed by atoms with E-state index >= 15 is 0 Å². The van der Waals surface area contributed by atoms with Gasteiger partial charge >= 0.3 is 0 Å². The zero-order valence-electron chi connectivity index (χ0n) is 16.5. The Morgan fingerprint density at radius 1 is 0.966 bits per heavy atom. The highest BCUT2D eigenvalue weighted by atomic mass is 32.2. The second-order valence-electron chi connectivity index (χ2n) is 7.21. The predicted molar refractivity (Wildman–Crippen MR) is 124 cm³/mol. The van der Waals surface area contributed by atoms with Crippen LogP contribution in [0.5, 0.6) is 0 Å². The quantitative estimate of drug-likeness (QED) is 0.533. The molecule has 29 heavy (non-hydrogen) atoms. The molecule has 2 aliphatic rings. The Balaban J connectivity index is 1.48. The van der Waals surface area contributed by atoms with Gasteiger partial charge in [-0.15, -0.1) is 0 Å². The number of piperazine rings is 1. The van der Waals surface area contributed by atoms with E-state index in [9.17, 15) is 4.79 Å². The van der Waals surface area contributed by atoms with Gasteiger partial charge < -0.3 is 4.90 Å². The van der Waals surface area contributed by atoms with E-state index in [2.05, 4.69) is 70.5 Å². The van der Waals surface area contributed by atoms with Crippen molar-refractivity contribution in [1.82, 2.24) is 14.7 Å². The van der Waals surface area contributed by atoms with E-state index in [4.69, 9.17) is 12.2 Å². The van der Waals surface area contributed by atoms with Crippen LogP contribution in [0.4, 0.5) is 0 Å². The molecule has 0 aliphatic carbocycles. The summed E-state index contributed by atoms with van der Waals surface area (Å²) < 4.78 is 0.663. The Hall–Kier alpha value is -2.15. The first kappa shape index (κ1) is 20.1. The molecule has 2 saturated heterocycles. The van der Waals surface area contributed by atoms with Gasteiger partial charge in [0.25, 0.3) is 5.91 Å². The van der Waals surface area contributed by atoms with E-state index in [0.717, 1.165) is 31.1 Å². The number of hydrogen-bond donors (Lipinski definition) is 0. The van der Waals surface area contributed by atoms with Crippen LogP contribution in [0.25, 0.3) is 0 Å². The lowest BCUT2D eigenvalue weighted by atomic mass is 9.96. The fourth-order valence-electron chi connectivity index (χ4n) is 3.94. The van der Waals surface area contributed by atoms with Gasteiger partial charge in [0, 0.05) is 38.9 Å².